The molecule has 0 aliphatic rings. The van der Waals surface area contributed by atoms with Gasteiger partial charge in [0.2, 0.25) is 0 Å². The molecule has 0 fully saturated rings. The van der Waals surface area contributed by atoms with Crippen molar-refractivity contribution in [1.82, 2.24) is 15.0 Å². The first kappa shape index (κ1) is 16.1. The van der Waals surface area contributed by atoms with Gasteiger partial charge in [-0.1, -0.05) is 0 Å². The van der Waals surface area contributed by atoms with E-state index in [2.05, 4.69) is 43.3 Å². The van der Waals surface area contributed by atoms with Crippen molar-refractivity contribution in [3.63, 3.8) is 0 Å². The summed E-state index contributed by atoms with van der Waals surface area (Å²) in [6.07, 6.45) is 8.06. The van der Waals surface area contributed by atoms with Crippen molar-refractivity contribution in [3.8, 4) is 0 Å². The predicted octanol–water partition coefficient (Wildman–Crippen LogP) is 2.14. The molecule has 3 rings (SSSR count). The number of nitrogens with zero attached hydrogens (tertiary/aromatic N) is 3. The van der Waals surface area contributed by atoms with E-state index in [1.165, 1.54) is 24.0 Å². The zero-order valence-electron chi connectivity index (χ0n) is 13.4. The summed E-state index contributed by atoms with van der Waals surface area (Å²) in [6.45, 7) is 2.24. The van der Waals surface area contributed by atoms with Crippen LogP contribution in [0.2, 0.25) is 4.44 Å². The third-order valence-corrected chi connectivity index (χ3v) is 17.4. The third kappa shape index (κ3) is 3.29. The summed E-state index contributed by atoms with van der Waals surface area (Å²) in [6, 6.07) is 18.7. The molecule has 0 aliphatic carbocycles. The maximum absolute atomic E-state index is 4.77. The van der Waals surface area contributed by atoms with Gasteiger partial charge in [0, 0.05) is 0 Å². The van der Waals surface area contributed by atoms with E-state index in [4.69, 9.17) is 15.0 Å². The Balaban J connectivity index is 2.25. The number of unbranched alkanes of at least 4 members (excludes halogenated alkanes) is 1. The second kappa shape index (κ2) is 7.68. The zero-order valence-corrected chi connectivity index (χ0v) is 16.2. The molecule has 0 saturated carbocycles. The summed E-state index contributed by atoms with van der Waals surface area (Å²) in [5.74, 6) is 0. The first-order chi connectivity index (χ1) is 11.4. The van der Waals surface area contributed by atoms with Crippen LogP contribution in [0.25, 0.3) is 0 Å². The molecule has 0 atom stereocenters. The number of rotatable bonds is 6. The van der Waals surface area contributed by atoms with Gasteiger partial charge in [0.15, 0.2) is 0 Å². The maximum atomic E-state index is 4.77. The SMILES string of the molecule is CCC[CH2][Sn]([c]1ccccn1)([c]1ccccn1)[c]1ccccn1. The van der Waals surface area contributed by atoms with Crippen LogP contribution in [0, 0.1) is 0 Å². The molecule has 3 nitrogen and oxygen atoms in total. The summed E-state index contributed by atoms with van der Waals surface area (Å²) in [4.78, 5) is 14.3. The van der Waals surface area contributed by atoms with Crippen LogP contribution in [0.15, 0.2) is 73.2 Å². The Morgan fingerprint density at radius 2 is 1.13 bits per heavy atom. The van der Waals surface area contributed by atoms with E-state index in [0.717, 1.165) is 4.44 Å². The second-order valence-electron chi connectivity index (χ2n) is 5.65. The molecule has 0 saturated heterocycles. The van der Waals surface area contributed by atoms with E-state index in [0.29, 0.717) is 0 Å². The Bertz CT molecular complexity index is 621. The average molecular weight is 410 g/mol. The minimum atomic E-state index is -3.24. The van der Waals surface area contributed by atoms with Gasteiger partial charge in [-0.2, -0.15) is 0 Å². The third-order valence-electron chi connectivity index (χ3n) is 4.21. The minimum absolute atomic E-state index is 1.15. The molecule has 0 amide bonds. The van der Waals surface area contributed by atoms with Crippen LogP contribution in [0.5, 0.6) is 0 Å². The van der Waals surface area contributed by atoms with Gasteiger partial charge in [0.1, 0.15) is 0 Å². The topological polar surface area (TPSA) is 38.7 Å². The van der Waals surface area contributed by atoms with Gasteiger partial charge < -0.3 is 0 Å². The fourth-order valence-electron chi connectivity index (χ4n) is 3.07. The molecule has 3 aromatic heterocycles. The van der Waals surface area contributed by atoms with Crippen molar-refractivity contribution < 1.29 is 0 Å². The molecule has 4 heteroatoms. The molecule has 0 aromatic carbocycles. The van der Waals surface area contributed by atoms with Crippen molar-refractivity contribution in [1.29, 1.82) is 0 Å². The predicted molar refractivity (Wildman–Crippen MR) is 97.1 cm³/mol. The van der Waals surface area contributed by atoms with Crippen LogP contribution >= 0.6 is 0 Å². The van der Waals surface area contributed by atoms with Crippen molar-refractivity contribution >= 4 is 29.5 Å². The molecule has 116 valence electrons. The van der Waals surface area contributed by atoms with Gasteiger partial charge in [-0.25, -0.2) is 0 Å². The summed E-state index contributed by atoms with van der Waals surface area (Å²) < 4.78 is 4.80. The Morgan fingerprint density at radius 1 is 0.696 bits per heavy atom. The molecule has 23 heavy (non-hydrogen) atoms. The quantitative estimate of drug-likeness (QED) is 0.585. The monoisotopic (exact) mass is 411 g/mol. The van der Waals surface area contributed by atoms with E-state index in [1.54, 1.807) is 0 Å². The van der Waals surface area contributed by atoms with Gasteiger partial charge in [-0.15, -0.1) is 0 Å². The average Bonchev–Trinajstić information content (AvgIpc) is 2.65. The molecule has 0 radical (unpaired) electrons. The van der Waals surface area contributed by atoms with Gasteiger partial charge in [0.25, 0.3) is 0 Å². The van der Waals surface area contributed by atoms with E-state index < -0.39 is 18.4 Å². The van der Waals surface area contributed by atoms with Crippen LogP contribution in [0.4, 0.5) is 0 Å². The molecule has 3 heterocycles. The van der Waals surface area contributed by atoms with Crippen LogP contribution in [-0.4, -0.2) is 33.3 Å². The normalized spacial score (nSPS) is 11.3. The molecule has 3 aromatic rings. The first-order valence-corrected chi connectivity index (χ1v) is 14.4. The fourth-order valence-corrected chi connectivity index (χ4v) is 15.8. The molecule has 0 bridgehead atoms. The van der Waals surface area contributed by atoms with Crippen molar-refractivity contribution in [2.24, 2.45) is 0 Å². The Labute approximate surface area is 141 Å². The zero-order chi connectivity index (χ0) is 16.0. The Morgan fingerprint density at radius 3 is 1.43 bits per heavy atom. The van der Waals surface area contributed by atoms with Crippen molar-refractivity contribution in [3.05, 3.63) is 73.2 Å². The molecule has 0 N–H and O–H groups in total. The van der Waals surface area contributed by atoms with E-state index in [1.807, 2.05) is 36.8 Å². The summed E-state index contributed by atoms with van der Waals surface area (Å²) in [7, 11) is 0. The molecule has 0 unspecified atom stereocenters. The first-order valence-electron chi connectivity index (χ1n) is 8.12. The molecule has 0 aliphatic heterocycles. The Hall–Kier alpha value is -1.75. The van der Waals surface area contributed by atoms with E-state index >= 15 is 0 Å². The van der Waals surface area contributed by atoms with E-state index in [-0.39, 0.29) is 0 Å². The van der Waals surface area contributed by atoms with Gasteiger partial charge in [-0.05, 0) is 0 Å². The van der Waals surface area contributed by atoms with Crippen LogP contribution in [0.1, 0.15) is 19.8 Å². The van der Waals surface area contributed by atoms with Gasteiger partial charge in [0.05, 0.1) is 0 Å². The fraction of sp³-hybridized carbons (Fsp3) is 0.211. The molecule has 0 spiro atoms. The van der Waals surface area contributed by atoms with E-state index in [9.17, 15) is 0 Å². The number of pyridine rings is 3. The Kier molecular flexibility index (Phi) is 5.38. The van der Waals surface area contributed by atoms with Crippen molar-refractivity contribution in [2.75, 3.05) is 0 Å². The van der Waals surface area contributed by atoms with Crippen LogP contribution in [0.3, 0.4) is 0 Å². The second-order valence-corrected chi connectivity index (χ2v) is 16.6. The number of hydrogen-bond acceptors (Lipinski definition) is 3. The number of hydrogen-bond donors (Lipinski definition) is 0. The van der Waals surface area contributed by atoms with Crippen molar-refractivity contribution in [2.45, 2.75) is 24.2 Å². The summed E-state index contributed by atoms with van der Waals surface area (Å²) in [5, 5.41) is 0. The number of aromatic nitrogens is 3. The standard InChI is InChI=1S/3C5H4N.C4H9.Sn/c3*1-2-4-6-5-3-1;1-3-4-2;/h3*1-4H;1,3-4H2,2H3;. The van der Waals surface area contributed by atoms with Gasteiger partial charge in [-0.3, -0.25) is 0 Å². The molecular formula is C19H21N3Sn. The summed E-state index contributed by atoms with van der Waals surface area (Å²) >= 11 is -3.24. The van der Waals surface area contributed by atoms with Crippen LogP contribution < -0.4 is 11.1 Å². The summed E-state index contributed by atoms with van der Waals surface area (Å²) in [5.41, 5.74) is 0. The molecular weight excluding hydrogens is 389 g/mol. The van der Waals surface area contributed by atoms with Gasteiger partial charge >= 0.3 is 142 Å². The van der Waals surface area contributed by atoms with Crippen LogP contribution in [-0.2, 0) is 0 Å².